The van der Waals surface area contributed by atoms with Crippen LogP contribution in [-0.4, -0.2) is 27.4 Å². The molecule has 1 amide bonds. The van der Waals surface area contributed by atoms with E-state index in [0.717, 1.165) is 38.4 Å². The van der Waals surface area contributed by atoms with Gasteiger partial charge in [-0.3, -0.25) is 9.52 Å². The fourth-order valence-corrected chi connectivity index (χ4v) is 4.88. The predicted octanol–water partition coefficient (Wildman–Crippen LogP) is 3.68. The Balaban J connectivity index is 2.05. The van der Waals surface area contributed by atoms with Crippen LogP contribution in [0, 0.1) is 12.7 Å². The number of nitrogens with zero attached hydrogens (tertiary/aromatic N) is 1. The molecule has 6 nitrogen and oxygen atoms in total. The fraction of sp³-hybridized carbons (Fsp3) is 0.316. The highest BCUT2D eigenvalue weighted by Crippen LogP contribution is 2.33. The first-order valence-electron chi connectivity index (χ1n) is 8.86. The highest BCUT2D eigenvalue weighted by molar-refractivity contribution is 7.92. The number of primary amides is 1. The van der Waals surface area contributed by atoms with E-state index in [1.54, 1.807) is 12.1 Å². The van der Waals surface area contributed by atoms with E-state index in [4.69, 9.17) is 17.3 Å². The van der Waals surface area contributed by atoms with Crippen LogP contribution in [0.4, 0.5) is 15.8 Å². The van der Waals surface area contributed by atoms with Gasteiger partial charge in [0.2, 0.25) is 5.91 Å². The maximum atomic E-state index is 13.7. The van der Waals surface area contributed by atoms with Gasteiger partial charge in [-0.2, -0.15) is 0 Å². The minimum absolute atomic E-state index is 0.159. The quantitative estimate of drug-likeness (QED) is 0.764. The number of anilines is 2. The van der Waals surface area contributed by atoms with Gasteiger partial charge in [-0.25, -0.2) is 12.8 Å². The maximum absolute atomic E-state index is 13.7. The molecule has 3 rings (SSSR count). The molecule has 1 saturated heterocycles. The van der Waals surface area contributed by atoms with Crippen LogP contribution < -0.4 is 15.4 Å². The molecular formula is C19H21ClFN3O3S. The molecule has 1 aliphatic rings. The summed E-state index contributed by atoms with van der Waals surface area (Å²) in [5.74, 6) is -1.25. The topological polar surface area (TPSA) is 92.5 Å². The molecule has 3 N–H and O–H groups in total. The van der Waals surface area contributed by atoms with Crippen molar-refractivity contribution in [1.29, 1.82) is 0 Å². The lowest BCUT2D eigenvalue weighted by Crippen LogP contribution is -2.30. The Kier molecular flexibility index (Phi) is 5.81. The smallest absolute Gasteiger partial charge is 0.263 e. The molecule has 0 aliphatic carbocycles. The van der Waals surface area contributed by atoms with Gasteiger partial charge in [0.05, 0.1) is 16.4 Å². The van der Waals surface area contributed by atoms with Crippen LogP contribution in [0.2, 0.25) is 5.02 Å². The zero-order valence-electron chi connectivity index (χ0n) is 15.3. The summed E-state index contributed by atoms with van der Waals surface area (Å²) in [6.07, 6.45) is 3.10. The molecule has 1 aliphatic heterocycles. The fourth-order valence-electron chi connectivity index (χ4n) is 3.22. The Labute approximate surface area is 168 Å². The number of aryl methyl sites for hydroxylation is 1. The molecule has 0 bridgehead atoms. The lowest BCUT2D eigenvalue weighted by Gasteiger charge is -2.31. The number of sulfonamides is 1. The minimum Gasteiger partial charge on any atom is -0.370 e. The van der Waals surface area contributed by atoms with Gasteiger partial charge in [0.25, 0.3) is 10.0 Å². The third-order valence-corrected chi connectivity index (χ3v) is 6.56. The molecule has 0 saturated carbocycles. The molecule has 2 aromatic carbocycles. The molecule has 1 heterocycles. The molecular weight excluding hydrogens is 405 g/mol. The van der Waals surface area contributed by atoms with Crippen LogP contribution in [-0.2, 0) is 10.0 Å². The van der Waals surface area contributed by atoms with Crippen LogP contribution in [0.5, 0.6) is 0 Å². The molecule has 28 heavy (non-hydrogen) atoms. The zero-order valence-corrected chi connectivity index (χ0v) is 16.9. The van der Waals surface area contributed by atoms with Crippen LogP contribution in [0.1, 0.15) is 35.2 Å². The number of nitrogens with two attached hydrogens (primary N) is 1. The summed E-state index contributed by atoms with van der Waals surface area (Å²) in [6, 6.07) is 6.81. The van der Waals surface area contributed by atoms with E-state index in [9.17, 15) is 17.6 Å². The number of carbonyl (C=O) groups excluding carboxylic acids is 1. The summed E-state index contributed by atoms with van der Waals surface area (Å²) in [4.78, 5) is 13.4. The van der Waals surface area contributed by atoms with Crippen molar-refractivity contribution in [2.24, 2.45) is 5.73 Å². The van der Waals surface area contributed by atoms with Gasteiger partial charge in [0.1, 0.15) is 10.7 Å². The van der Waals surface area contributed by atoms with Gasteiger partial charge >= 0.3 is 0 Å². The number of piperidine rings is 1. The monoisotopic (exact) mass is 425 g/mol. The number of halogens is 2. The Morgan fingerprint density at radius 2 is 1.86 bits per heavy atom. The summed E-state index contributed by atoms with van der Waals surface area (Å²) in [7, 11) is -4.11. The summed E-state index contributed by atoms with van der Waals surface area (Å²) >= 11 is 5.98. The number of carbonyl (C=O) groups is 1. The first-order valence-corrected chi connectivity index (χ1v) is 10.7. The third kappa shape index (κ3) is 4.23. The van der Waals surface area contributed by atoms with Gasteiger partial charge in [-0.05, 0) is 62.1 Å². The average molecular weight is 426 g/mol. The largest absolute Gasteiger partial charge is 0.370 e. The molecule has 2 aromatic rings. The highest BCUT2D eigenvalue weighted by Gasteiger charge is 2.24. The van der Waals surface area contributed by atoms with Crippen molar-refractivity contribution in [3.05, 3.63) is 52.3 Å². The molecule has 9 heteroatoms. The SMILES string of the molecule is Cc1cc(S(=O)(=O)Nc2cc(C(N)=O)ccc2N2CCCCC2)c(Cl)cc1F. The molecule has 0 aromatic heterocycles. The van der Waals surface area contributed by atoms with Crippen LogP contribution in [0.3, 0.4) is 0 Å². The van der Waals surface area contributed by atoms with Gasteiger partial charge in [0.15, 0.2) is 0 Å². The Hall–Kier alpha value is -2.32. The Bertz CT molecular complexity index is 1020. The third-order valence-electron chi connectivity index (χ3n) is 4.72. The normalized spacial score (nSPS) is 14.8. The van der Waals surface area contributed by atoms with E-state index >= 15 is 0 Å². The minimum atomic E-state index is -4.11. The van der Waals surface area contributed by atoms with Crippen molar-refractivity contribution in [3.63, 3.8) is 0 Å². The average Bonchev–Trinajstić information content (AvgIpc) is 2.64. The molecule has 0 unspecified atom stereocenters. The Morgan fingerprint density at radius 3 is 2.50 bits per heavy atom. The van der Waals surface area contributed by atoms with Gasteiger partial charge in [0, 0.05) is 18.7 Å². The second kappa shape index (κ2) is 7.97. The van der Waals surface area contributed by atoms with E-state index in [2.05, 4.69) is 9.62 Å². The standard InChI is InChI=1S/C19H21ClFN3O3S/c1-12-9-18(14(20)11-15(12)21)28(26,27)23-16-10-13(19(22)25)5-6-17(16)24-7-3-2-4-8-24/h5-6,9-11,23H,2-4,7-8H2,1H3,(H2,22,25). The van der Waals surface area contributed by atoms with Crippen molar-refractivity contribution >= 4 is 38.9 Å². The Morgan fingerprint density at radius 1 is 1.18 bits per heavy atom. The molecule has 0 radical (unpaired) electrons. The van der Waals surface area contributed by atoms with Crippen LogP contribution in [0.25, 0.3) is 0 Å². The number of amides is 1. The second-order valence-electron chi connectivity index (χ2n) is 6.78. The summed E-state index contributed by atoms with van der Waals surface area (Å²) in [6.45, 7) is 3.01. The van der Waals surface area contributed by atoms with Gasteiger partial charge in [-0.15, -0.1) is 0 Å². The molecule has 150 valence electrons. The summed E-state index contributed by atoms with van der Waals surface area (Å²) in [5, 5.41) is -0.221. The zero-order chi connectivity index (χ0) is 20.5. The number of hydrogen-bond acceptors (Lipinski definition) is 4. The van der Waals surface area contributed by atoms with Crippen molar-refractivity contribution in [3.8, 4) is 0 Å². The van der Waals surface area contributed by atoms with Crippen molar-refractivity contribution in [2.75, 3.05) is 22.7 Å². The van der Waals surface area contributed by atoms with Crippen molar-refractivity contribution < 1.29 is 17.6 Å². The molecule has 0 spiro atoms. The summed E-state index contributed by atoms with van der Waals surface area (Å²) < 4.78 is 42.1. The van der Waals surface area contributed by atoms with Gasteiger partial charge < -0.3 is 10.6 Å². The van der Waals surface area contributed by atoms with Crippen molar-refractivity contribution in [2.45, 2.75) is 31.1 Å². The maximum Gasteiger partial charge on any atom is 0.263 e. The second-order valence-corrected chi connectivity index (χ2v) is 8.84. The van der Waals surface area contributed by atoms with Crippen molar-refractivity contribution in [1.82, 2.24) is 0 Å². The summed E-state index contributed by atoms with van der Waals surface area (Å²) in [5.41, 5.74) is 6.58. The van der Waals surface area contributed by atoms with Gasteiger partial charge in [-0.1, -0.05) is 11.6 Å². The number of benzene rings is 2. The number of hydrogen-bond donors (Lipinski definition) is 2. The number of rotatable bonds is 5. The van der Waals surface area contributed by atoms with E-state index in [-0.39, 0.29) is 26.7 Å². The van der Waals surface area contributed by atoms with E-state index in [1.807, 2.05) is 0 Å². The first-order chi connectivity index (χ1) is 13.2. The first kappa shape index (κ1) is 20.4. The lowest BCUT2D eigenvalue weighted by atomic mass is 10.1. The lowest BCUT2D eigenvalue weighted by molar-refractivity contribution is 0.100. The number of nitrogens with one attached hydrogen (secondary N) is 1. The van der Waals surface area contributed by atoms with Crippen LogP contribution >= 0.6 is 11.6 Å². The van der Waals surface area contributed by atoms with E-state index < -0.39 is 21.7 Å². The van der Waals surface area contributed by atoms with E-state index in [1.165, 1.54) is 19.1 Å². The molecule has 0 atom stereocenters. The van der Waals surface area contributed by atoms with Crippen LogP contribution in [0.15, 0.2) is 35.2 Å². The highest BCUT2D eigenvalue weighted by atomic mass is 35.5. The molecule has 1 fully saturated rings. The van der Waals surface area contributed by atoms with E-state index in [0.29, 0.717) is 5.69 Å². The predicted molar refractivity (Wildman–Crippen MR) is 108 cm³/mol.